The molecule has 0 bridgehead atoms. The molecule has 4 aromatic rings. The molecule has 0 atom stereocenters. The molecule has 0 spiro atoms. The average molecular weight is 632 g/mol. The number of aromatic nitrogens is 5. The van der Waals surface area contributed by atoms with Crippen LogP contribution in [0.3, 0.4) is 0 Å². The van der Waals surface area contributed by atoms with Crippen LogP contribution in [0.5, 0.6) is 0 Å². The van der Waals surface area contributed by atoms with Gasteiger partial charge in [-0.15, -0.1) is 0 Å². The van der Waals surface area contributed by atoms with Crippen LogP contribution in [0.15, 0.2) is 36.7 Å². The molecule has 4 heterocycles. The van der Waals surface area contributed by atoms with E-state index in [0.717, 1.165) is 74.3 Å². The first kappa shape index (κ1) is 32.1. The SMILES string of the molecule is Cc1c(-c2nccc(C(=O)Nc3nc4ccc(N5CCC(N(C)CCN(C)C)CC5)cc4n3C3CCC(O)CC3)c2F)cnn1C. The van der Waals surface area contributed by atoms with Crippen molar-refractivity contribution in [2.24, 2.45) is 7.05 Å². The van der Waals surface area contributed by atoms with Gasteiger partial charge in [0.25, 0.3) is 5.91 Å². The number of hydrogen-bond donors (Lipinski definition) is 2. The monoisotopic (exact) mass is 631 g/mol. The lowest BCUT2D eigenvalue weighted by atomic mass is 9.93. The molecule has 6 rings (SSSR count). The summed E-state index contributed by atoms with van der Waals surface area (Å²) in [5.41, 5.74) is 4.11. The van der Waals surface area contributed by atoms with E-state index >= 15 is 4.39 Å². The van der Waals surface area contributed by atoms with E-state index in [1.54, 1.807) is 17.9 Å². The van der Waals surface area contributed by atoms with Crippen molar-refractivity contribution in [2.45, 2.75) is 63.6 Å². The van der Waals surface area contributed by atoms with E-state index in [-0.39, 0.29) is 23.4 Å². The van der Waals surface area contributed by atoms with Crippen LogP contribution in [0, 0.1) is 12.7 Å². The Morgan fingerprint density at radius 3 is 2.48 bits per heavy atom. The van der Waals surface area contributed by atoms with Crippen LogP contribution in [0.1, 0.15) is 60.6 Å². The summed E-state index contributed by atoms with van der Waals surface area (Å²) in [5.74, 6) is -0.900. The minimum absolute atomic E-state index is 0.0472. The van der Waals surface area contributed by atoms with Gasteiger partial charge in [-0.3, -0.25) is 19.8 Å². The Balaban J connectivity index is 1.27. The van der Waals surface area contributed by atoms with Crippen LogP contribution in [-0.2, 0) is 7.05 Å². The number of anilines is 2. The Hall–Kier alpha value is -3.87. The minimum atomic E-state index is -0.697. The summed E-state index contributed by atoms with van der Waals surface area (Å²) in [7, 11) is 8.23. The first-order valence-corrected chi connectivity index (χ1v) is 16.4. The Morgan fingerprint density at radius 1 is 1.07 bits per heavy atom. The molecule has 2 N–H and O–H groups in total. The summed E-state index contributed by atoms with van der Waals surface area (Å²) >= 11 is 0. The lowest BCUT2D eigenvalue weighted by molar-refractivity contribution is 0.101. The van der Waals surface area contributed by atoms with Gasteiger partial charge in [0.15, 0.2) is 5.82 Å². The smallest absolute Gasteiger partial charge is 0.261 e. The number of hydrogen-bond acceptors (Lipinski definition) is 8. The standard InChI is InChI=1S/C34H46FN9O2/c1-22-28(21-37-42(22)5)32-31(35)27(12-15-36-32)33(46)39-34-38-29-11-8-25(20-30(29)44(34)24-6-9-26(45)10-7-24)43-16-13-23(14-17-43)41(4)19-18-40(2)3/h8,11-12,15,20-21,23-24,26,45H,6-7,9-10,13-14,16-19H2,1-5H3,(H,38,39,46). The van der Waals surface area contributed by atoms with Gasteiger partial charge in [-0.1, -0.05) is 0 Å². The van der Waals surface area contributed by atoms with Crippen molar-refractivity contribution in [3.05, 3.63) is 53.7 Å². The van der Waals surface area contributed by atoms with E-state index in [4.69, 9.17) is 4.98 Å². The molecule has 1 aromatic carbocycles. The van der Waals surface area contributed by atoms with Crippen molar-refractivity contribution in [1.29, 1.82) is 0 Å². The van der Waals surface area contributed by atoms with Crippen molar-refractivity contribution in [2.75, 3.05) is 57.5 Å². The minimum Gasteiger partial charge on any atom is -0.393 e. The normalized spacial score (nSPS) is 19.5. The first-order valence-electron chi connectivity index (χ1n) is 16.4. The van der Waals surface area contributed by atoms with Gasteiger partial charge in [0.05, 0.1) is 28.9 Å². The lowest BCUT2D eigenvalue weighted by Crippen LogP contribution is -2.45. The molecule has 1 aliphatic heterocycles. The molecule has 0 radical (unpaired) electrons. The second-order valence-electron chi connectivity index (χ2n) is 13.2. The number of carbonyl (C=O) groups is 1. The number of rotatable bonds is 9. The van der Waals surface area contributed by atoms with E-state index in [0.29, 0.717) is 30.4 Å². The van der Waals surface area contributed by atoms with Gasteiger partial charge in [0.1, 0.15) is 5.69 Å². The number of piperidine rings is 1. The topological polar surface area (TPSA) is 108 Å². The van der Waals surface area contributed by atoms with Crippen LogP contribution in [0.4, 0.5) is 16.0 Å². The summed E-state index contributed by atoms with van der Waals surface area (Å²) < 4.78 is 19.5. The molecule has 12 heteroatoms. The highest BCUT2D eigenvalue weighted by molar-refractivity contribution is 6.05. The Labute approximate surface area is 270 Å². The number of nitrogens with one attached hydrogen (secondary N) is 1. The van der Waals surface area contributed by atoms with E-state index in [1.165, 1.54) is 12.3 Å². The lowest BCUT2D eigenvalue weighted by Gasteiger charge is -2.38. The predicted octanol–water partition coefficient (Wildman–Crippen LogP) is 4.47. The maximum absolute atomic E-state index is 15.8. The fourth-order valence-electron chi connectivity index (χ4n) is 6.86. The van der Waals surface area contributed by atoms with Crippen molar-refractivity contribution in [1.82, 2.24) is 34.1 Å². The molecule has 246 valence electrons. The van der Waals surface area contributed by atoms with E-state index in [1.807, 2.05) is 13.0 Å². The maximum atomic E-state index is 15.8. The zero-order valence-corrected chi connectivity index (χ0v) is 27.6. The number of likely N-dealkylation sites (N-methyl/N-ethyl adjacent to an activating group) is 2. The van der Waals surface area contributed by atoms with Gasteiger partial charge in [-0.25, -0.2) is 9.37 Å². The number of fused-ring (bicyclic) bond motifs is 1. The van der Waals surface area contributed by atoms with Crippen LogP contribution in [0.25, 0.3) is 22.3 Å². The van der Waals surface area contributed by atoms with Gasteiger partial charge >= 0.3 is 0 Å². The quantitative estimate of drug-likeness (QED) is 0.279. The molecule has 2 aliphatic rings. The Bertz CT molecular complexity index is 1680. The van der Waals surface area contributed by atoms with Gasteiger partial charge in [-0.2, -0.15) is 5.10 Å². The number of aryl methyl sites for hydroxylation is 1. The fraction of sp³-hybridized carbons (Fsp3) is 0.529. The molecule has 46 heavy (non-hydrogen) atoms. The Kier molecular flexibility index (Phi) is 9.39. The number of halogens is 1. The number of pyridine rings is 1. The number of benzene rings is 1. The molecular formula is C34H46FN9O2. The van der Waals surface area contributed by atoms with Crippen LogP contribution in [-0.4, -0.2) is 105 Å². The van der Waals surface area contributed by atoms with Gasteiger partial charge in [0, 0.05) is 68.5 Å². The molecule has 11 nitrogen and oxygen atoms in total. The van der Waals surface area contributed by atoms with Crippen molar-refractivity contribution < 1.29 is 14.3 Å². The average Bonchev–Trinajstić information content (AvgIpc) is 3.58. The predicted molar refractivity (Wildman–Crippen MR) is 179 cm³/mol. The highest BCUT2D eigenvalue weighted by Crippen LogP contribution is 2.37. The highest BCUT2D eigenvalue weighted by Gasteiger charge is 2.28. The van der Waals surface area contributed by atoms with E-state index in [9.17, 15) is 9.90 Å². The largest absolute Gasteiger partial charge is 0.393 e. The van der Waals surface area contributed by atoms with Gasteiger partial charge < -0.3 is 24.4 Å². The first-order chi connectivity index (χ1) is 22.1. The number of aliphatic hydroxyl groups excluding tert-OH is 1. The number of imidazole rings is 1. The van der Waals surface area contributed by atoms with E-state index in [2.05, 4.69) is 67.9 Å². The van der Waals surface area contributed by atoms with Crippen molar-refractivity contribution in [3.8, 4) is 11.3 Å². The van der Waals surface area contributed by atoms with Crippen molar-refractivity contribution >= 4 is 28.6 Å². The fourth-order valence-corrected chi connectivity index (χ4v) is 6.86. The van der Waals surface area contributed by atoms with Crippen LogP contribution < -0.4 is 10.2 Å². The number of carbonyl (C=O) groups excluding carboxylic acids is 1. The van der Waals surface area contributed by atoms with Crippen molar-refractivity contribution in [3.63, 3.8) is 0 Å². The summed E-state index contributed by atoms with van der Waals surface area (Å²) in [6.45, 7) is 5.88. The maximum Gasteiger partial charge on any atom is 0.261 e. The molecular weight excluding hydrogens is 585 g/mol. The second-order valence-corrected chi connectivity index (χ2v) is 13.2. The third kappa shape index (κ3) is 6.51. The summed E-state index contributed by atoms with van der Waals surface area (Å²) in [6, 6.07) is 8.30. The molecule has 1 saturated heterocycles. The number of amides is 1. The molecule has 0 unspecified atom stereocenters. The third-order valence-corrected chi connectivity index (χ3v) is 9.91. The van der Waals surface area contributed by atoms with Crippen LogP contribution in [0.2, 0.25) is 0 Å². The molecule has 1 saturated carbocycles. The summed E-state index contributed by atoms with van der Waals surface area (Å²) in [4.78, 5) is 29.9. The molecule has 1 aliphatic carbocycles. The molecule has 2 fully saturated rings. The summed E-state index contributed by atoms with van der Waals surface area (Å²) in [6.07, 6.45) is 7.76. The molecule has 3 aromatic heterocycles. The highest BCUT2D eigenvalue weighted by atomic mass is 19.1. The number of aliphatic hydroxyl groups is 1. The van der Waals surface area contributed by atoms with Gasteiger partial charge in [-0.05, 0) is 90.9 Å². The van der Waals surface area contributed by atoms with E-state index < -0.39 is 11.7 Å². The Morgan fingerprint density at radius 2 is 1.80 bits per heavy atom. The zero-order valence-electron chi connectivity index (χ0n) is 27.6. The summed E-state index contributed by atoms with van der Waals surface area (Å²) in [5, 5.41) is 17.4. The zero-order chi connectivity index (χ0) is 32.5. The van der Waals surface area contributed by atoms with Gasteiger partial charge in [0.2, 0.25) is 5.95 Å². The molecule has 1 amide bonds. The third-order valence-electron chi connectivity index (χ3n) is 9.91. The number of nitrogens with zero attached hydrogens (tertiary/aromatic N) is 8. The van der Waals surface area contributed by atoms with Crippen LogP contribution >= 0.6 is 0 Å². The second kappa shape index (κ2) is 13.5.